The molecule has 1 aliphatic carbocycles. The average molecular weight is 268 g/mol. The summed E-state index contributed by atoms with van der Waals surface area (Å²) in [6, 6.07) is 0.114. The van der Waals surface area contributed by atoms with Gasteiger partial charge in [0.05, 0.1) is 6.10 Å². The Hall–Kier alpha value is -1.10. The van der Waals surface area contributed by atoms with Crippen LogP contribution in [0.4, 0.5) is 0 Å². The summed E-state index contributed by atoms with van der Waals surface area (Å²) >= 11 is 0. The van der Waals surface area contributed by atoms with Crippen LogP contribution >= 0.6 is 0 Å². The number of rotatable bonds is 5. The zero-order chi connectivity index (χ0) is 13.7. The molecule has 2 rings (SSSR count). The first-order valence-electron chi connectivity index (χ1n) is 7.35. The van der Waals surface area contributed by atoms with Crippen LogP contribution in [0.15, 0.2) is 0 Å². The molecule has 108 valence electrons. The molecule has 0 spiro atoms. The highest BCUT2D eigenvalue weighted by molar-refractivity contribution is 5.78. The van der Waals surface area contributed by atoms with Crippen molar-refractivity contribution in [1.29, 1.82) is 0 Å². The van der Waals surface area contributed by atoms with Gasteiger partial charge in [-0.2, -0.15) is 0 Å². The van der Waals surface area contributed by atoms with E-state index in [1.807, 2.05) is 0 Å². The molecule has 1 saturated heterocycles. The largest absolute Gasteiger partial charge is 0.378 e. The van der Waals surface area contributed by atoms with Gasteiger partial charge in [-0.25, -0.2) is 0 Å². The minimum atomic E-state index is -0.238. The molecule has 0 aromatic heterocycles. The van der Waals surface area contributed by atoms with E-state index in [1.54, 1.807) is 0 Å². The molecule has 0 bridgehead atoms. The van der Waals surface area contributed by atoms with E-state index in [0.29, 0.717) is 12.8 Å². The molecule has 1 saturated carbocycles. The van der Waals surface area contributed by atoms with Crippen LogP contribution in [0.3, 0.4) is 0 Å². The maximum Gasteiger partial charge on any atom is 0.220 e. The lowest BCUT2D eigenvalue weighted by atomic mass is 9.85. The quantitative estimate of drug-likeness (QED) is 0.783. The molecule has 5 nitrogen and oxygen atoms in total. The Balaban J connectivity index is 1.67. The standard InChI is InChI=1S/C14H24N2O3/c15-14(18)10-3-1-4-11(9-10)16-13(17)7-6-12-5-2-8-19-12/h10-12H,1-9H2,(H2,15,18)(H,16,17)/t10-,11+,12+/m1/s1. The SMILES string of the molecule is NC(=O)[C@@H]1CCC[C@H](NC(=O)CC[C@@H]2CCCO2)C1. The van der Waals surface area contributed by atoms with Gasteiger partial charge in [0.2, 0.25) is 11.8 Å². The lowest BCUT2D eigenvalue weighted by Gasteiger charge is -2.28. The van der Waals surface area contributed by atoms with Crippen molar-refractivity contribution >= 4 is 11.8 Å². The zero-order valence-electron chi connectivity index (χ0n) is 11.4. The number of hydrogen-bond donors (Lipinski definition) is 2. The average Bonchev–Trinajstić information content (AvgIpc) is 2.90. The second kappa shape index (κ2) is 6.89. The molecular formula is C14H24N2O3. The number of ether oxygens (including phenoxy) is 1. The van der Waals surface area contributed by atoms with Gasteiger partial charge in [0, 0.05) is 25.0 Å². The molecule has 0 unspecified atom stereocenters. The van der Waals surface area contributed by atoms with Crippen LogP contribution in [-0.2, 0) is 14.3 Å². The Labute approximate surface area is 114 Å². The summed E-state index contributed by atoms with van der Waals surface area (Å²) in [7, 11) is 0. The van der Waals surface area contributed by atoms with Crippen molar-refractivity contribution in [3.05, 3.63) is 0 Å². The number of primary amides is 1. The first-order valence-corrected chi connectivity index (χ1v) is 7.35. The molecule has 1 aliphatic heterocycles. The summed E-state index contributed by atoms with van der Waals surface area (Å²) in [5.74, 6) is -0.235. The first-order chi connectivity index (χ1) is 9.15. The summed E-state index contributed by atoms with van der Waals surface area (Å²) in [5, 5.41) is 3.03. The van der Waals surface area contributed by atoms with Crippen molar-refractivity contribution in [2.75, 3.05) is 6.61 Å². The predicted molar refractivity (Wildman–Crippen MR) is 71.3 cm³/mol. The Bertz CT molecular complexity index is 327. The third-order valence-electron chi connectivity index (χ3n) is 4.16. The fourth-order valence-corrected chi connectivity index (χ4v) is 3.04. The minimum Gasteiger partial charge on any atom is -0.378 e. The van der Waals surface area contributed by atoms with Crippen LogP contribution in [0.1, 0.15) is 51.4 Å². The highest BCUT2D eigenvalue weighted by Gasteiger charge is 2.26. The van der Waals surface area contributed by atoms with Gasteiger partial charge in [0.15, 0.2) is 0 Å². The molecule has 0 radical (unpaired) electrons. The zero-order valence-corrected chi connectivity index (χ0v) is 11.4. The van der Waals surface area contributed by atoms with Crippen molar-refractivity contribution < 1.29 is 14.3 Å². The summed E-state index contributed by atoms with van der Waals surface area (Å²) in [5.41, 5.74) is 5.33. The lowest BCUT2D eigenvalue weighted by molar-refractivity contribution is -0.125. The van der Waals surface area contributed by atoms with E-state index in [9.17, 15) is 9.59 Å². The van der Waals surface area contributed by atoms with Crippen LogP contribution < -0.4 is 11.1 Å². The molecule has 2 aliphatic rings. The maximum atomic E-state index is 11.9. The molecule has 19 heavy (non-hydrogen) atoms. The summed E-state index contributed by atoms with van der Waals surface area (Å²) < 4.78 is 5.50. The first kappa shape index (κ1) is 14.3. The molecular weight excluding hydrogens is 244 g/mol. The third kappa shape index (κ3) is 4.49. The lowest BCUT2D eigenvalue weighted by Crippen LogP contribution is -2.41. The topological polar surface area (TPSA) is 81.4 Å². The van der Waals surface area contributed by atoms with Crippen molar-refractivity contribution in [2.45, 2.75) is 63.5 Å². The predicted octanol–water partition coefficient (Wildman–Crippen LogP) is 1.11. The second-order valence-electron chi connectivity index (χ2n) is 5.70. The summed E-state index contributed by atoms with van der Waals surface area (Å²) in [6.07, 6.45) is 7.23. The molecule has 5 heteroatoms. The Morgan fingerprint density at radius 1 is 1.21 bits per heavy atom. The number of nitrogens with one attached hydrogen (secondary N) is 1. The number of nitrogens with two attached hydrogens (primary N) is 1. The van der Waals surface area contributed by atoms with Crippen molar-refractivity contribution in [3.63, 3.8) is 0 Å². The van der Waals surface area contributed by atoms with Crippen molar-refractivity contribution in [2.24, 2.45) is 11.7 Å². The van der Waals surface area contributed by atoms with Crippen LogP contribution in [0.5, 0.6) is 0 Å². The number of amides is 2. The fourth-order valence-electron chi connectivity index (χ4n) is 3.04. The highest BCUT2D eigenvalue weighted by Crippen LogP contribution is 2.24. The van der Waals surface area contributed by atoms with E-state index in [4.69, 9.17) is 10.5 Å². The fraction of sp³-hybridized carbons (Fsp3) is 0.857. The second-order valence-corrected chi connectivity index (χ2v) is 5.70. The van der Waals surface area contributed by atoms with Crippen LogP contribution in [0.25, 0.3) is 0 Å². The number of hydrogen-bond acceptors (Lipinski definition) is 3. The maximum absolute atomic E-state index is 11.9. The van der Waals surface area contributed by atoms with Crippen molar-refractivity contribution in [3.8, 4) is 0 Å². The van der Waals surface area contributed by atoms with E-state index < -0.39 is 0 Å². The normalized spacial score (nSPS) is 31.1. The number of carbonyl (C=O) groups excluding carboxylic acids is 2. The van der Waals surface area contributed by atoms with Gasteiger partial charge in [-0.15, -0.1) is 0 Å². The van der Waals surface area contributed by atoms with Gasteiger partial charge in [-0.3, -0.25) is 9.59 Å². The van der Waals surface area contributed by atoms with E-state index in [0.717, 1.165) is 45.1 Å². The van der Waals surface area contributed by atoms with Crippen molar-refractivity contribution in [1.82, 2.24) is 5.32 Å². The Kier molecular flexibility index (Phi) is 5.19. The van der Waals surface area contributed by atoms with Crippen LogP contribution in [0.2, 0.25) is 0 Å². The molecule has 2 fully saturated rings. The van der Waals surface area contributed by atoms with Gasteiger partial charge in [0.25, 0.3) is 0 Å². The van der Waals surface area contributed by atoms with E-state index in [2.05, 4.69) is 5.32 Å². The monoisotopic (exact) mass is 268 g/mol. The third-order valence-corrected chi connectivity index (χ3v) is 4.16. The van der Waals surface area contributed by atoms with Gasteiger partial charge >= 0.3 is 0 Å². The molecule has 0 aromatic rings. The molecule has 3 N–H and O–H groups in total. The van der Waals surface area contributed by atoms with E-state index in [1.165, 1.54) is 0 Å². The molecule has 2 amide bonds. The highest BCUT2D eigenvalue weighted by atomic mass is 16.5. The van der Waals surface area contributed by atoms with Gasteiger partial charge in [0.1, 0.15) is 0 Å². The van der Waals surface area contributed by atoms with Crippen LogP contribution in [-0.4, -0.2) is 30.6 Å². The van der Waals surface area contributed by atoms with Gasteiger partial charge in [-0.1, -0.05) is 6.42 Å². The Morgan fingerprint density at radius 3 is 2.74 bits per heavy atom. The minimum absolute atomic E-state index is 0.0720. The Morgan fingerprint density at radius 2 is 2.05 bits per heavy atom. The summed E-state index contributed by atoms with van der Waals surface area (Å²) in [4.78, 5) is 23.0. The molecule has 1 heterocycles. The smallest absolute Gasteiger partial charge is 0.220 e. The van der Waals surface area contributed by atoms with Gasteiger partial charge < -0.3 is 15.8 Å². The summed E-state index contributed by atoms with van der Waals surface area (Å²) in [6.45, 7) is 0.829. The van der Waals surface area contributed by atoms with E-state index >= 15 is 0 Å². The number of carbonyl (C=O) groups is 2. The van der Waals surface area contributed by atoms with E-state index in [-0.39, 0.29) is 29.9 Å². The molecule has 3 atom stereocenters. The molecule has 0 aromatic carbocycles. The van der Waals surface area contributed by atoms with Gasteiger partial charge in [-0.05, 0) is 38.5 Å². The van der Waals surface area contributed by atoms with Crippen LogP contribution in [0, 0.1) is 5.92 Å².